The molecule has 3 heterocycles. The Kier molecular flexibility index (Phi) is 3.73. The predicted octanol–water partition coefficient (Wildman–Crippen LogP) is 5.03. The van der Waals surface area contributed by atoms with Crippen LogP contribution in [0.2, 0.25) is 5.02 Å². The fourth-order valence-electron chi connectivity index (χ4n) is 2.58. The molecule has 0 atom stereocenters. The molecule has 0 aliphatic rings. The number of alkyl halides is 3. The highest BCUT2D eigenvalue weighted by Crippen LogP contribution is 2.33. The Morgan fingerprint density at radius 1 is 1.12 bits per heavy atom. The van der Waals surface area contributed by atoms with Crippen LogP contribution in [0.5, 0.6) is 0 Å². The maximum Gasteiger partial charge on any atom is 0.417 e. The van der Waals surface area contributed by atoms with Crippen LogP contribution in [-0.2, 0) is 6.18 Å². The molecule has 0 fully saturated rings. The summed E-state index contributed by atoms with van der Waals surface area (Å²) in [4.78, 5) is 8.49. The second-order valence-corrected chi connectivity index (χ2v) is 6.08. The van der Waals surface area contributed by atoms with Gasteiger partial charge >= 0.3 is 6.18 Å². The molecule has 132 valence electrons. The van der Waals surface area contributed by atoms with E-state index in [1.54, 1.807) is 0 Å². The van der Waals surface area contributed by atoms with Gasteiger partial charge in [0.05, 0.1) is 10.6 Å². The summed E-state index contributed by atoms with van der Waals surface area (Å²) < 4.78 is 45.2. The summed E-state index contributed by atoms with van der Waals surface area (Å²) in [6.45, 7) is 1.91. The highest BCUT2D eigenvalue weighted by molar-refractivity contribution is 6.33. The first-order valence-electron chi connectivity index (χ1n) is 7.48. The molecule has 1 aromatic carbocycles. The average molecular weight is 379 g/mol. The third-order valence-corrected chi connectivity index (χ3v) is 4.14. The Hall–Kier alpha value is -2.87. The van der Waals surface area contributed by atoms with E-state index in [1.807, 2.05) is 31.2 Å². The highest BCUT2D eigenvalue weighted by atomic mass is 35.5. The monoisotopic (exact) mass is 378 g/mol. The van der Waals surface area contributed by atoms with Crippen molar-refractivity contribution in [2.75, 3.05) is 0 Å². The Bertz CT molecular complexity index is 1120. The summed E-state index contributed by atoms with van der Waals surface area (Å²) in [6, 6.07) is 8.33. The molecular weight excluding hydrogens is 369 g/mol. The molecule has 0 bridgehead atoms. The van der Waals surface area contributed by atoms with Gasteiger partial charge in [0.15, 0.2) is 5.65 Å². The zero-order valence-electron chi connectivity index (χ0n) is 13.3. The Labute approximate surface area is 150 Å². The normalized spacial score (nSPS) is 12.0. The first-order chi connectivity index (χ1) is 12.3. The smallest absolute Gasteiger partial charge is 0.332 e. The van der Waals surface area contributed by atoms with E-state index < -0.39 is 11.7 Å². The van der Waals surface area contributed by atoms with E-state index in [9.17, 15) is 13.2 Å². The number of halogens is 4. The molecule has 0 radical (unpaired) electrons. The zero-order chi connectivity index (χ0) is 18.5. The fourth-order valence-corrected chi connectivity index (χ4v) is 2.83. The van der Waals surface area contributed by atoms with Gasteiger partial charge in [0.2, 0.25) is 5.82 Å². The van der Waals surface area contributed by atoms with Crippen LogP contribution >= 0.6 is 11.6 Å². The number of nitrogens with zero attached hydrogens (tertiary/aromatic N) is 4. The summed E-state index contributed by atoms with van der Waals surface area (Å²) in [7, 11) is 0. The number of aryl methyl sites for hydroxylation is 1. The van der Waals surface area contributed by atoms with Gasteiger partial charge < -0.3 is 8.92 Å². The van der Waals surface area contributed by atoms with E-state index in [1.165, 1.54) is 10.6 Å². The number of hydrogen-bond donors (Lipinski definition) is 0. The standard InChI is InChI=1S/C17H10ClF3N4O/c1-9-4-2-3-5-11(9)14-23-16(26-24-14)13-8-25-7-10(17(19,20)21)6-12(18)15(25)22-13/h2-8H,1H3. The van der Waals surface area contributed by atoms with Crippen LogP contribution in [0.15, 0.2) is 47.2 Å². The van der Waals surface area contributed by atoms with E-state index in [0.717, 1.165) is 23.4 Å². The molecule has 26 heavy (non-hydrogen) atoms. The number of aromatic nitrogens is 4. The van der Waals surface area contributed by atoms with Crippen molar-refractivity contribution in [3.8, 4) is 23.0 Å². The third-order valence-electron chi connectivity index (χ3n) is 3.86. The molecule has 0 spiro atoms. The lowest BCUT2D eigenvalue weighted by atomic mass is 10.1. The number of imidazole rings is 1. The second-order valence-electron chi connectivity index (χ2n) is 5.67. The van der Waals surface area contributed by atoms with Crippen molar-refractivity contribution in [2.24, 2.45) is 0 Å². The van der Waals surface area contributed by atoms with Gasteiger partial charge in [0.1, 0.15) is 5.69 Å². The molecular formula is C17H10ClF3N4O. The molecule has 4 rings (SSSR count). The molecule has 0 amide bonds. The van der Waals surface area contributed by atoms with E-state index in [-0.39, 0.29) is 22.3 Å². The Morgan fingerprint density at radius 2 is 1.88 bits per heavy atom. The minimum absolute atomic E-state index is 0.0941. The van der Waals surface area contributed by atoms with Crippen molar-refractivity contribution in [2.45, 2.75) is 13.1 Å². The topological polar surface area (TPSA) is 56.2 Å². The molecule has 0 saturated heterocycles. The number of fused-ring (bicyclic) bond motifs is 1. The van der Waals surface area contributed by atoms with Gasteiger partial charge in [-0.25, -0.2) is 4.98 Å². The molecule has 4 aromatic rings. The first kappa shape index (κ1) is 16.6. The van der Waals surface area contributed by atoms with Gasteiger partial charge in [-0.2, -0.15) is 18.2 Å². The van der Waals surface area contributed by atoms with Crippen molar-refractivity contribution < 1.29 is 17.7 Å². The number of pyridine rings is 1. The van der Waals surface area contributed by atoms with Gasteiger partial charge in [-0.15, -0.1) is 0 Å². The lowest BCUT2D eigenvalue weighted by molar-refractivity contribution is -0.137. The van der Waals surface area contributed by atoms with Crippen LogP contribution in [0.4, 0.5) is 13.2 Å². The summed E-state index contributed by atoms with van der Waals surface area (Å²) in [5, 5.41) is 3.80. The second kappa shape index (κ2) is 5.84. The van der Waals surface area contributed by atoms with Crippen LogP contribution in [0.1, 0.15) is 11.1 Å². The Morgan fingerprint density at radius 3 is 2.62 bits per heavy atom. The van der Waals surface area contributed by atoms with E-state index in [2.05, 4.69) is 15.1 Å². The van der Waals surface area contributed by atoms with Crippen molar-refractivity contribution >= 4 is 17.2 Å². The number of benzene rings is 1. The van der Waals surface area contributed by atoms with E-state index >= 15 is 0 Å². The highest BCUT2D eigenvalue weighted by Gasteiger charge is 2.32. The van der Waals surface area contributed by atoms with Crippen LogP contribution < -0.4 is 0 Å². The molecule has 9 heteroatoms. The Balaban J connectivity index is 1.79. The van der Waals surface area contributed by atoms with Crippen LogP contribution in [0, 0.1) is 6.92 Å². The van der Waals surface area contributed by atoms with Gasteiger partial charge in [0.25, 0.3) is 5.89 Å². The lowest BCUT2D eigenvalue weighted by Gasteiger charge is -2.07. The molecule has 0 aliphatic heterocycles. The minimum Gasteiger partial charge on any atom is -0.332 e. The SMILES string of the molecule is Cc1ccccc1-c1noc(-c2cn3cc(C(F)(F)F)cc(Cl)c3n2)n1. The molecule has 0 aliphatic carbocycles. The van der Waals surface area contributed by atoms with Crippen molar-refractivity contribution in [1.82, 2.24) is 19.5 Å². The zero-order valence-corrected chi connectivity index (χ0v) is 14.0. The number of rotatable bonds is 2. The quantitative estimate of drug-likeness (QED) is 0.491. The van der Waals surface area contributed by atoms with Crippen LogP contribution in [0.25, 0.3) is 28.6 Å². The summed E-state index contributed by atoms with van der Waals surface area (Å²) >= 11 is 5.94. The maximum atomic E-state index is 12.9. The fraction of sp³-hybridized carbons (Fsp3) is 0.118. The maximum absolute atomic E-state index is 12.9. The van der Waals surface area contributed by atoms with Gasteiger partial charge in [-0.05, 0) is 18.6 Å². The van der Waals surface area contributed by atoms with E-state index in [4.69, 9.17) is 16.1 Å². The van der Waals surface area contributed by atoms with Crippen molar-refractivity contribution in [3.05, 3.63) is 58.9 Å². The average Bonchev–Trinajstić information content (AvgIpc) is 3.21. The first-order valence-corrected chi connectivity index (χ1v) is 7.86. The minimum atomic E-state index is -4.51. The number of hydrogen-bond acceptors (Lipinski definition) is 4. The molecule has 0 N–H and O–H groups in total. The molecule has 3 aromatic heterocycles. The summed E-state index contributed by atoms with van der Waals surface area (Å²) in [5.74, 6) is 0.466. The van der Waals surface area contributed by atoms with Gasteiger partial charge in [-0.3, -0.25) is 0 Å². The predicted molar refractivity (Wildman–Crippen MR) is 88.7 cm³/mol. The van der Waals surface area contributed by atoms with Crippen molar-refractivity contribution in [3.63, 3.8) is 0 Å². The van der Waals surface area contributed by atoms with Gasteiger partial charge in [-0.1, -0.05) is 41.0 Å². The molecule has 5 nitrogen and oxygen atoms in total. The van der Waals surface area contributed by atoms with E-state index in [0.29, 0.717) is 5.82 Å². The van der Waals surface area contributed by atoms with Crippen LogP contribution in [0.3, 0.4) is 0 Å². The molecule has 0 saturated carbocycles. The largest absolute Gasteiger partial charge is 0.417 e. The lowest BCUT2D eigenvalue weighted by Crippen LogP contribution is -2.06. The molecule has 0 unspecified atom stereocenters. The summed E-state index contributed by atoms with van der Waals surface area (Å²) in [5.41, 5.74) is 1.30. The summed E-state index contributed by atoms with van der Waals surface area (Å²) in [6.07, 6.45) is -2.23. The van der Waals surface area contributed by atoms with Crippen LogP contribution in [-0.4, -0.2) is 19.5 Å². The third kappa shape index (κ3) is 2.82. The van der Waals surface area contributed by atoms with Crippen molar-refractivity contribution in [1.29, 1.82) is 0 Å². The van der Waals surface area contributed by atoms with Gasteiger partial charge in [0, 0.05) is 18.0 Å².